The Kier molecular flexibility index (Phi) is 11.5. The molecule has 360 valence electrons. The molecule has 0 spiro atoms. The predicted molar refractivity (Wildman–Crippen MR) is 307 cm³/mol. The van der Waals surface area contributed by atoms with Crippen LogP contribution in [0.1, 0.15) is 105 Å². The van der Waals surface area contributed by atoms with Crippen molar-refractivity contribution in [2.24, 2.45) is 0 Å². The Bertz CT molecular complexity index is 3480. The smallest absolute Gasteiger partial charge is 0.137 e. The molecule has 71 heavy (non-hydrogen) atoms. The molecule has 2 aromatic heterocycles. The number of para-hydroxylation sites is 2. The van der Waals surface area contributed by atoms with E-state index in [2.05, 4.69) is 263 Å². The van der Waals surface area contributed by atoms with E-state index in [9.17, 15) is 0 Å². The third-order valence-electron chi connectivity index (χ3n) is 14.7. The van der Waals surface area contributed by atoms with Gasteiger partial charge >= 0.3 is 0 Å². The van der Waals surface area contributed by atoms with Gasteiger partial charge in [0.1, 0.15) is 25.4 Å². The summed E-state index contributed by atoms with van der Waals surface area (Å²) in [6, 6.07) is 55.5. The van der Waals surface area contributed by atoms with Gasteiger partial charge in [-0.15, -0.1) is 0 Å². The normalized spacial score (nSPS) is 13.6. The van der Waals surface area contributed by atoms with Gasteiger partial charge in [0.05, 0.1) is 28.1 Å². The molecule has 5 nitrogen and oxygen atoms in total. The molecule has 0 unspecified atom stereocenters. The topological polar surface area (TPSA) is 51.1 Å². The molecule has 0 saturated carbocycles. The first-order valence-electron chi connectivity index (χ1n) is 25.4. The summed E-state index contributed by atoms with van der Waals surface area (Å²) in [6.45, 7) is 32.5. The quantitative estimate of drug-likeness (QED) is 0.142. The van der Waals surface area contributed by atoms with Crippen molar-refractivity contribution in [1.29, 1.82) is 0 Å². The summed E-state index contributed by atoms with van der Waals surface area (Å²) in [5, 5.41) is 13.4. The van der Waals surface area contributed by atoms with Gasteiger partial charge in [0.15, 0.2) is 0 Å². The molecule has 0 saturated heterocycles. The lowest BCUT2D eigenvalue weighted by atomic mass is 9.77. The minimum atomic E-state index is -2.03. The number of rotatable bonds is 9. The number of hydrogen-bond acceptors (Lipinski definition) is 4. The van der Waals surface area contributed by atoms with Crippen LogP contribution in [0.4, 0.5) is 22.7 Å². The van der Waals surface area contributed by atoms with Crippen molar-refractivity contribution >= 4 is 63.0 Å². The number of aromatic nitrogens is 2. The largest absolute Gasteiger partial charge is 0.457 e. The first kappa shape index (κ1) is 47.8. The lowest BCUT2D eigenvalue weighted by Crippen LogP contribution is -2.49. The number of nitrogens with one attached hydrogen (secondary N) is 2. The zero-order valence-corrected chi connectivity index (χ0v) is 45.3. The molecule has 2 N–H and O–H groups in total. The standard InChI is InChI=1S/C65H70N4OSi/c1-62(2,3)43-30-31-66-58(37-43)69-54-28-21-29-56-59(54)60-55(69)39-49(40-57(60)71(56,13)14)70-48-25-20-24-47(38-48)67-52-26-18-19-27-53(52)68-61-50(41-22-16-15-17-23-41)35-46(65(10,11)12)36-51(61)42-32-44(63(4,5)6)34-45(33-42)64(7,8)9/h15-40,67-68H,1-14H3. The number of anilines is 4. The van der Waals surface area contributed by atoms with Gasteiger partial charge in [-0.2, -0.15) is 0 Å². The molecule has 9 aromatic rings. The van der Waals surface area contributed by atoms with Gasteiger partial charge in [-0.3, -0.25) is 4.57 Å². The van der Waals surface area contributed by atoms with Crippen LogP contribution in [0.25, 0.3) is 49.9 Å². The highest BCUT2D eigenvalue weighted by Gasteiger charge is 2.39. The summed E-state index contributed by atoms with van der Waals surface area (Å²) < 4.78 is 9.29. The van der Waals surface area contributed by atoms with Crippen LogP contribution in [-0.2, 0) is 21.7 Å². The fraction of sp³-hybridized carbons (Fsp3) is 0.277. The second-order valence-corrected chi connectivity index (χ2v) is 28.8. The predicted octanol–water partition coefficient (Wildman–Crippen LogP) is 17.1. The van der Waals surface area contributed by atoms with Gasteiger partial charge in [0, 0.05) is 45.9 Å². The van der Waals surface area contributed by atoms with E-state index < -0.39 is 8.07 Å². The van der Waals surface area contributed by atoms with Crippen molar-refractivity contribution in [3.8, 4) is 39.6 Å². The van der Waals surface area contributed by atoms with Crippen molar-refractivity contribution in [3.63, 3.8) is 0 Å². The molecule has 0 amide bonds. The average Bonchev–Trinajstić information content (AvgIpc) is 3.77. The molecule has 6 heteroatoms. The molecule has 0 fully saturated rings. The maximum absolute atomic E-state index is 6.95. The van der Waals surface area contributed by atoms with E-state index >= 15 is 0 Å². The van der Waals surface area contributed by atoms with Gasteiger partial charge < -0.3 is 15.4 Å². The van der Waals surface area contributed by atoms with E-state index in [1.165, 1.54) is 65.6 Å². The second-order valence-electron chi connectivity index (χ2n) is 24.5. The molecule has 3 heterocycles. The Balaban J connectivity index is 1.05. The van der Waals surface area contributed by atoms with Crippen molar-refractivity contribution in [2.75, 3.05) is 10.6 Å². The summed E-state index contributed by atoms with van der Waals surface area (Å²) in [4.78, 5) is 4.98. The Morgan fingerprint density at radius 1 is 0.451 bits per heavy atom. The third kappa shape index (κ3) is 8.97. The highest BCUT2D eigenvalue weighted by molar-refractivity contribution is 7.05. The van der Waals surface area contributed by atoms with Gasteiger partial charge in [-0.1, -0.05) is 175 Å². The summed E-state index contributed by atoms with van der Waals surface area (Å²) in [5.41, 5.74) is 16.0. The van der Waals surface area contributed by atoms with E-state index in [1.54, 1.807) is 0 Å². The molecule has 0 aliphatic carbocycles. The van der Waals surface area contributed by atoms with Crippen molar-refractivity contribution in [2.45, 2.75) is 118 Å². The van der Waals surface area contributed by atoms with Crippen LogP contribution in [0.3, 0.4) is 0 Å². The van der Waals surface area contributed by atoms with Crippen LogP contribution in [0, 0.1) is 0 Å². The fourth-order valence-electron chi connectivity index (χ4n) is 10.3. The van der Waals surface area contributed by atoms with Crippen LogP contribution in [0.5, 0.6) is 11.5 Å². The maximum Gasteiger partial charge on any atom is 0.137 e. The summed E-state index contributed by atoms with van der Waals surface area (Å²) >= 11 is 0. The number of nitrogens with zero attached hydrogens (tertiary/aromatic N) is 2. The van der Waals surface area contributed by atoms with E-state index in [-0.39, 0.29) is 21.7 Å². The molecule has 1 aliphatic heterocycles. The first-order chi connectivity index (χ1) is 33.4. The highest BCUT2D eigenvalue weighted by atomic mass is 28.3. The lowest BCUT2D eigenvalue weighted by Gasteiger charge is -2.29. The third-order valence-corrected chi connectivity index (χ3v) is 18.2. The van der Waals surface area contributed by atoms with Crippen molar-refractivity contribution < 1.29 is 4.74 Å². The molecule has 1 aliphatic rings. The molecular weight excluding hydrogens is 881 g/mol. The van der Waals surface area contributed by atoms with Crippen LogP contribution < -0.4 is 25.7 Å². The molecular formula is C65H70N4OSi. The Hall–Kier alpha value is -6.89. The summed E-state index contributed by atoms with van der Waals surface area (Å²) in [7, 11) is -2.03. The SMILES string of the molecule is CC(C)(C)c1cc(-c2cc(C(C)(C)C)cc(-c3ccccc3)c2Nc2ccccc2Nc2cccc(Oc3cc4c5c6c(cccc6n(-c6cc(C(C)(C)C)ccn6)c5c3)[Si]4(C)C)c2)cc(C(C)(C)C)c1. The number of pyridine rings is 1. The van der Waals surface area contributed by atoms with Gasteiger partial charge in [-0.05, 0) is 126 Å². The maximum atomic E-state index is 6.95. The van der Waals surface area contributed by atoms with Crippen LogP contribution in [-0.4, -0.2) is 17.6 Å². The molecule has 0 bridgehead atoms. The number of benzene rings is 7. The average molecular weight is 951 g/mol. The molecule has 7 aromatic carbocycles. The minimum Gasteiger partial charge on any atom is -0.457 e. The van der Waals surface area contributed by atoms with Crippen molar-refractivity contribution in [3.05, 3.63) is 180 Å². The molecule has 0 atom stereocenters. The van der Waals surface area contributed by atoms with E-state index in [0.717, 1.165) is 51.1 Å². The van der Waals surface area contributed by atoms with Gasteiger partial charge in [0.2, 0.25) is 0 Å². The number of ether oxygens (including phenoxy) is 1. The lowest BCUT2D eigenvalue weighted by molar-refractivity contribution is 0.484. The monoisotopic (exact) mass is 951 g/mol. The van der Waals surface area contributed by atoms with Crippen LogP contribution in [0.15, 0.2) is 158 Å². The van der Waals surface area contributed by atoms with Crippen molar-refractivity contribution in [1.82, 2.24) is 9.55 Å². The van der Waals surface area contributed by atoms with Crippen LogP contribution in [0.2, 0.25) is 13.1 Å². The van der Waals surface area contributed by atoms with Crippen LogP contribution >= 0.6 is 0 Å². The molecule has 10 rings (SSSR count). The van der Waals surface area contributed by atoms with E-state index in [4.69, 9.17) is 9.72 Å². The Morgan fingerprint density at radius 2 is 1.03 bits per heavy atom. The Morgan fingerprint density at radius 3 is 1.68 bits per heavy atom. The second kappa shape index (κ2) is 17.2. The Labute approximate surface area is 423 Å². The summed E-state index contributed by atoms with van der Waals surface area (Å²) in [6.07, 6.45) is 1.95. The first-order valence-corrected chi connectivity index (χ1v) is 28.4. The zero-order valence-electron chi connectivity index (χ0n) is 44.3. The highest BCUT2D eigenvalue weighted by Crippen LogP contribution is 2.46. The zero-order chi connectivity index (χ0) is 50.4. The summed E-state index contributed by atoms with van der Waals surface area (Å²) in [5.74, 6) is 2.52. The minimum absolute atomic E-state index is 0.0104. The van der Waals surface area contributed by atoms with Gasteiger partial charge in [-0.25, -0.2) is 4.98 Å². The van der Waals surface area contributed by atoms with E-state index in [0.29, 0.717) is 0 Å². The number of hydrogen-bond donors (Lipinski definition) is 2. The molecule has 0 radical (unpaired) electrons. The van der Waals surface area contributed by atoms with Gasteiger partial charge in [0.25, 0.3) is 0 Å². The van der Waals surface area contributed by atoms with E-state index in [1.807, 2.05) is 6.20 Å². The fourth-order valence-corrected chi connectivity index (χ4v) is 13.4.